The van der Waals surface area contributed by atoms with Gasteiger partial charge in [-0.2, -0.15) is 0 Å². The predicted octanol–water partition coefficient (Wildman–Crippen LogP) is 1.81. The molecular weight excluding hydrogens is 208 g/mol. The summed E-state index contributed by atoms with van der Waals surface area (Å²) in [5, 5.41) is 1.76. The van der Waals surface area contributed by atoms with Gasteiger partial charge in [-0.05, 0) is 24.5 Å². The van der Waals surface area contributed by atoms with Gasteiger partial charge in [0.15, 0.2) is 0 Å². The average molecular weight is 224 g/mol. The highest BCUT2D eigenvalue weighted by Crippen LogP contribution is 2.28. The fourth-order valence-electron chi connectivity index (χ4n) is 1.57. The fourth-order valence-corrected chi connectivity index (χ4v) is 2.60. The quantitative estimate of drug-likeness (QED) is 0.850. The zero-order chi connectivity index (χ0) is 10.5. The lowest BCUT2D eigenvalue weighted by atomic mass is 10.2. The van der Waals surface area contributed by atoms with Gasteiger partial charge in [-0.15, -0.1) is 11.8 Å². The van der Waals surface area contributed by atoms with Crippen LogP contribution < -0.4 is 5.73 Å². The summed E-state index contributed by atoms with van der Waals surface area (Å²) < 4.78 is 5.32. The van der Waals surface area contributed by atoms with Crippen LogP contribution in [0.25, 0.3) is 0 Å². The van der Waals surface area contributed by atoms with E-state index in [1.165, 1.54) is 0 Å². The molecule has 4 heteroatoms. The first-order valence-electron chi connectivity index (χ1n) is 5.28. The third kappa shape index (κ3) is 3.19. The number of nitrogens with two attached hydrogens (primary N) is 1. The van der Waals surface area contributed by atoms with E-state index in [0.717, 1.165) is 36.6 Å². The largest absolute Gasteiger partial charge is 0.381 e. The Labute approximate surface area is 94.4 Å². The van der Waals surface area contributed by atoms with Gasteiger partial charge in [0, 0.05) is 31.2 Å². The standard InChI is InChI=1S/C11H16N2OS/c12-7-9-1-2-11(13-8-9)15-10-3-5-14-6-4-10/h1-2,8,10H,3-7,12H2. The number of pyridine rings is 1. The molecule has 0 spiro atoms. The van der Waals surface area contributed by atoms with E-state index in [2.05, 4.69) is 17.1 Å². The minimum Gasteiger partial charge on any atom is -0.381 e. The van der Waals surface area contributed by atoms with Crippen molar-refractivity contribution < 1.29 is 4.74 Å². The smallest absolute Gasteiger partial charge is 0.0962 e. The van der Waals surface area contributed by atoms with Crippen LogP contribution in [-0.2, 0) is 11.3 Å². The normalized spacial score (nSPS) is 17.9. The Morgan fingerprint density at radius 3 is 2.80 bits per heavy atom. The molecule has 1 fully saturated rings. The number of aromatic nitrogens is 1. The average Bonchev–Trinajstić information content (AvgIpc) is 2.31. The van der Waals surface area contributed by atoms with Crippen LogP contribution >= 0.6 is 11.8 Å². The molecule has 1 aliphatic heterocycles. The third-order valence-corrected chi connectivity index (χ3v) is 3.78. The molecule has 0 unspecified atom stereocenters. The summed E-state index contributed by atoms with van der Waals surface area (Å²) in [4.78, 5) is 4.39. The number of ether oxygens (including phenoxy) is 1. The first-order chi connectivity index (χ1) is 7.38. The lowest BCUT2D eigenvalue weighted by Gasteiger charge is -2.20. The van der Waals surface area contributed by atoms with E-state index in [4.69, 9.17) is 10.5 Å². The first-order valence-corrected chi connectivity index (χ1v) is 6.16. The molecular formula is C11H16N2OS. The second-order valence-corrected chi connectivity index (χ2v) is 4.96. The van der Waals surface area contributed by atoms with Gasteiger partial charge in [-0.25, -0.2) is 4.98 Å². The summed E-state index contributed by atoms with van der Waals surface area (Å²) in [5.74, 6) is 0. The molecule has 0 aromatic carbocycles. The van der Waals surface area contributed by atoms with Crippen molar-refractivity contribution in [2.75, 3.05) is 13.2 Å². The minimum absolute atomic E-state index is 0.565. The molecule has 1 aromatic heterocycles. The fraction of sp³-hybridized carbons (Fsp3) is 0.545. The van der Waals surface area contributed by atoms with Gasteiger partial charge >= 0.3 is 0 Å². The number of hydrogen-bond donors (Lipinski definition) is 1. The second kappa shape index (κ2) is 5.49. The van der Waals surface area contributed by atoms with Gasteiger partial charge in [0.1, 0.15) is 0 Å². The Balaban J connectivity index is 1.91. The molecule has 1 aliphatic rings. The van der Waals surface area contributed by atoms with Crippen molar-refractivity contribution in [1.29, 1.82) is 0 Å². The lowest BCUT2D eigenvalue weighted by molar-refractivity contribution is 0.1000. The highest BCUT2D eigenvalue weighted by Gasteiger charge is 2.15. The maximum absolute atomic E-state index is 5.52. The zero-order valence-corrected chi connectivity index (χ0v) is 9.50. The summed E-state index contributed by atoms with van der Waals surface area (Å²) in [7, 11) is 0. The Hall–Kier alpha value is -0.580. The topological polar surface area (TPSA) is 48.1 Å². The van der Waals surface area contributed by atoms with E-state index >= 15 is 0 Å². The Bertz CT molecular complexity index is 296. The highest BCUT2D eigenvalue weighted by molar-refractivity contribution is 7.99. The van der Waals surface area contributed by atoms with Crippen LogP contribution in [0.1, 0.15) is 18.4 Å². The molecule has 1 saturated heterocycles. The maximum atomic E-state index is 5.52. The van der Waals surface area contributed by atoms with Crippen LogP contribution in [0, 0.1) is 0 Å². The van der Waals surface area contributed by atoms with Crippen LogP contribution in [0.15, 0.2) is 23.4 Å². The maximum Gasteiger partial charge on any atom is 0.0962 e. The van der Waals surface area contributed by atoms with Crippen molar-refractivity contribution in [2.45, 2.75) is 29.7 Å². The first kappa shape index (κ1) is 10.9. The number of nitrogens with zero attached hydrogens (tertiary/aromatic N) is 1. The monoisotopic (exact) mass is 224 g/mol. The van der Waals surface area contributed by atoms with Gasteiger partial charge < -0.3 is 10.5 Å². The van der Waals surface area contributed by atoms with Gasteiger partial charge in [0.25, 0.3) is 0 Å². The molecule has 0 saturated carbocycles. The Kier molecular flexibility index (Phi) is 4.00. The zero-order valence-electron chi connectivity index (χ0n) is 8.69. The number of rotatable bonds is 3. The highest BCUT2D eigenvalue weighted by atomic mass is 32.2. The predicted molar refractivity (Wildman–Crippen MR) is 61.8 cm³/mol. The minimum atomic E-state index is 0.565. The van der Waals surface area contributed by atoms with Crippen LogP contribution in [0.3, 0.4) is 0 Å². The molecule has 0 bridgehead atoms. The SMILES string of the molecule is NCc1ccc(SC2CCOCC2)nc1. The van der Waals surface area contributed by atoms with Crippen LogP contribution in [0.2, 0.25) is 0 Å². The van der Waals surface area contributed by atoms with Crippen molar-refractivity contribution in [3.05, 3.63) is 23.9 Å². The number of hydrogen-bond acceptors (Lipinski definition) is 4. The van der Waals surface area contributed by atoms with E-state index in [0.29, 0.717) is 11.8 Å². The summed E-state index contributed by atoms with van der Waals surface area (Å²) in [6.45, 7) is 2.34. The van der Waals surface area contributed by atoms with E-state index in [1.807, 2.05) is 18.0 Å². The molecule has 0 radical (unpaired) electrons. The van der Waals surface area contributed by atoms with Crippen LogP contribution in [-0.4, -0.2) is 23.4 Å². The molecule has 2 heterocycles. The molecule has 2 N–H and O–H groups in total. The number of thioether (sulfide) groups is 1. The molecule has 15 heavy (non-hydrogen) atoms. The summed E-state index contributed by atoms with van der Waals surface area (Å²) in [5.41, 5.74) is 6.61. The molecule has 1 aromatic rings. The van der Waals surface area contributed by atoms with E-state index < -0.39 is 0 Å². The second-order valence-electron chi connectivity index (χ2n) is 3.64. The molecule has 3 nitrogen and oxygen atoms in total. The van der Waals surface area contributed by atoms with Crippen molar-refractivity contribution in [2.24, 2.45) is 5.73 Å². The van der Waals surface area contributed by atoms with Gasteiger partial charge in [0.2, 0.25) is 0 Å². The third-order valence-electron chi connectivity index (χ3n) is 2.49. The van der Waals surface area contributed by atoms with Gasteiger partial charge in [-0.1, -0.05) is 6.07 Å². The van der Waals surface area contributed by atoms with E-state index in [1.54, 1.807) is 0 Å². The van der Waals surface area contributed by atoms with Gasteiger partial charge in [-0.3, -0.25) is 0 Å². The van der Waals surface area contributed by atoms with E-state index in [9.17, 15) is 0 Å². The van der Waals surface area contributed by atoms with Gasteiger partial charge in [0.05, 0.1) is 5.03 Å². The van der Waals surface area contributed by atoms with Crippen LogP contribution in [0.5, 0.6) is 0 Å². The van der Waals surface area contributed by atoms with Crippen molar-refractivity contribution in [3.8, 4) is 0 Å². The van der Waals surface area contributed by atoms with Crippen molar-refractivity contribution in [1.82, 2.24) is 4.98 Å². The van der Waals surface area contributed by atoms with Crippen molar-refractivity contribution in [3.63, 3.8) is 0 Å². The summed E-state index contributed by atoms with van der Waals surface area (Å²) >= 11 is 1.85. The summed E-state index contributed by atoms with van der Waals surface area (Å²) in [6, 6.07) is 4.11. The molecule has 2 rings (SSSR count). The lowest BCUT2D eigenvalue weighted by Crippen LogP contribution is -2.17. The molecule has 82 valence electrons. The summed E-state index contributed by atoms with van der Waals surface area (Å²) in [6.07, 6.45) is 4.12. The van der Waals surface area contributed by atoms with Crippen molar-refractivity contribution >= 4 is 11.8 Å². The molecule has 0 aliphatic carbocycles. The Morgan fingerprint density at radius 2 is 2.20 bits per heavy atom. The molecule has 0 atom stereocenters. The van der Waals surface area contributed by atoms with Crippen LogP contribution in [0.4, 0.5) is 0 Å². The van der Waals surface area contributed by atoms with E-state index in [-0.39, 0.29) is 0 Å². The molecule has 0 amide bonds. The Morgan fingerprint density at radius 1 is 1.40 bits per heavy atom.